The molecule has 2 aromatic rings. The van der Waals surface area contributed by atoms with Crippen LogP contribution in [0.1, 0.15) is 31.1 Å². The second kappa shape index (κ2) is 4.00. The van der Waals surface area contributed by atoms with Gasteiger partial charge in [-0.3, -0.25) is 9.30 Å². The highest BCUT2D eigenvalue weighted by molar-refractivity contribution is 5.51. The van der Waals surface area contributed by atoms with Crippen molar-refractivity contribution in [1.29, 1.82) is 0 Å². The molecule has 1 aliphatic heterocycles. The SMILES string of the molecule is CN1CCCCC1c1nnc2cc(N)ccn12. The lowest BCUT2D eigenvalue weighted by molar-refractivity contribution is 0.178. The summed E-state index contributed by atoms with van der Waals surface area (Å²) in [5.41, 5.74) is 7.31. The molecule has 0 amide bonds. The Morgan fingerprint density at radius 3 is 3.06 bits per heavy atom. The zero-order valence-corrected chi connectivity index (χ0v) is 10.0. The number of hydrogen-bond donors (Lipinski definition) is 1. The fourth-order valence-corrected chi connectivity index (χ4v) is 2.55. The summed E-state index contributed by atoms with van der Waals surface area (Å²) in [6, 6.07) is 4.13. The highest BCUT2D eigenvalue weighted by atomic mass is 15.3. The van der Waals surface area contributed by atoms with E-state index in [-0.39, 0.29) is 0 Å². The Balaban J connectivity index is 2.05. The van der Waals surface area contributed by atoms with E-state index >= 15 is 0 Å². The number of nitrogen functional groups attached to an aromatic ring is 1. The second-order valence-electron chi connectivity index (χ2n) is 4.74. The quantitative estimate of drug-likeness (QED) is 0.807. The lowest BCUT2D eigenvalue weighted by Crippen LogP contribution is -2.30. The zero-order chi connectivity index (χ0) is 11.8. The van der Waals surface area contributed by atoms with E-state index < -0.39 is 0 Å². The summed E-state index contributed by atoms with van der Waals surface area (Å²) in [5.74, 6) is 1.03. The zero-order valence-electron chi connectivity index (χ0n) is 10.0. The van der Waals surface area contributed by atoms with Crippen LogP contribution in [0, 0.1) is 0 Å². The molecule has 0 aromatic carbocycles. The lowest BCUT2D eigenvalue weighted by atomic mass is 10.0. The smallest absolute Gasteiger partial charge is 0.162 e. The van der Waals surface area contributed by atoms with Crippen molar-refractivity contribution < 1.29 is 0 Å². The Labute approximate surface area is 100 Å². The van der Waals surface area contributed by atoms with Gasteiger partial charge in [0.05, 0.1) is 6.04 Å². The van der Waals surface area contributed by atoms with Gasteiger partial charge >= 0.3 is 0 Å². The standard InChI is InChI=1S/C12H17N5/c1-16-6-3-2-4-10(16)12-15-14-11-8-9(13)5-7-17(11)12/h5,7-8,10H,2-4,6,13H2,1H3. The van der Waals surface area contributed by atoms with Crippen LogP contribution in [0.3, 0.4) is 0 Å². The van der Waals surface area contributed by atoms with Gasteiger partial charge in [0.15, 0.2) is 11.5 Å². The highest BCUT2D eigenvalue weighted by Gasteiger charge is 2.24. The Hall–Kier alpha value is -1.62. The van der Waals surface area contributed by atoms with Crippen molar-refractivity contribution in [2.75, 3.05) is 19.3 Å². The topological polar surface area (TPSA) is 59.5 Å². The van der Waals surface area contributed by atoms with E-state index in [0.29, 0.717) is 6.04 Å². The Morgan fingerprint density at radius 2 is 2.24 bits per heavy atom. The number of nitrogens with zero attached hydrogens (tertiary/aromatic N) is 4. The van der Waals surface area contributed by atoms with Crippen molar-refractivity contribution in [1.82, 2.24) is 19.5 Å². The summed E-state index contributed by atoms with van der Waals surface area (Å²) in [6.45, 7) is 1.13. The number of fused-ring (bicyclic) bond motifs is 1. The molecule has 1 aliphatic rings. The van der Waals surface area contributed by atoms with Crippen molar-refractivity contribution in [3.05, 3.63) is 24.2 Å². The second-order valence-corrected chi connectivity index (χ2v) is 4.74. The molecule has 5 heteroatoms. The molecule has 17 heavy (non-hydrogen) atoms. The Morgan fingerprint density at radius 1 is 1.35 bits per heavy atom. The summed E-state index contributed by atoms with van der Waals surface area (Å²) in [4.78, 5) is 2.36. The van der Waals surface area contributed by atoms with Gasteiger partial charge in [0.25, 0.3) is 0 Å². The third kappa shape index (κ3) is 1.76. The van der Waals surface area contributed by atoms with E-state index in [0.717, 1.165) is 30.1 Å². The monoisotopic (exact) mass is 231 g/mol. The predicted molar refractivity (Wildman–Crippen MR) is 66.6 cm³/mol. The van der Waals surface area contributed by atoms with Crippen LogP contribution in [0.15, 0.2) is 18.3 Å². The molecule has 0 saturated carbocycles. The molecule has 1 saturated heterocycles. The Kier molecular flexibility index (Phi) is 2.48. The van der Waals surface area contributed by atoms with Crippen molar-refractivity contribution in [3.63, 3.8) is 0 Å². The number of rotatable bonds is 1. The number of nitrogens with two attached hydrogens (primary N) is 1. The van der Waals surface area contributed by atoms with Crippen LogP contribution in [0.2, 0.25) is 0 Å². The van der Waals surface area contributed by atoms with Gasteiger partial charge in [0.2, 0.25) is 0 Å². The molecule has 1 unspecified atom stereocenters. The molecule has 2 aromatic heterocycles. The summed E-state index contributed by atoms with van der Waals surface area (Å²) < 4.78 is 2.04. The van der Waals surface area contributed by atoms with Crippen molar-refractivity contribution in [3.8, 4) is 0 Å². The summed E-state index contributed by atoms with van der Waals surface area (Å²) in [6.07, 6.45) is 5.65. The minimum atomic E-state index is 0.377. The fourth-order valence-electron chi connectivity index (χ4n) is 2.55. The molecule has 1 atom stereocenters. The molecule has 90 valence electrons. The first-order valence-corrected chi connectivity index (χ1v) is 6.06. The molecule has 1 fully saturated rings. The molecular formula is C12H17N5. The minimum absolute atomic E-state index is 0.377. The van der Waals surface area contributed by atoms with Crippen LogP contribution >= 0.6 is 0 Å². The summed E-state index contributed by atoms with van der Waals surface area (Å²) >= 11 is 0. The molecule has 5 nitrogen and oxygen atoms in total. The molecule has 0 aliphatic carbocycles. The first-order valence-electron chi connectivity index (χ1n) is 6.06. The minimum Gasteiger partial charge on any atom is -0.399 e. The van der Waals surface area contributed by atoms with E-state index in [1.807, 2.05) is 22.7 Å². The van der Waals surface area contributed by atoms with E-state index in [2.05, 4.69) is 22.1 Å². The fraction of sp³-hybridized carbons (Fsp3) is 0.500. The van der Waals surface area contributed by atoms with Gasteiger partial charge in [0.1, 0.15) is 0 Å². The van der Waals surface area contributed by atoms with E-state index in [1.165, 1.54) is 12.8 Å². The normalized spacial score (nSPS) is 22.1. The van der Waals surface area contributed by atoms with Crippen molar-refractivity contribution in [2.45, 2.75) is 25.3 Å². The molecule has 0 spiro atoms. The van der Waals surface area contributed by atoms with Gasteiger partial charge in [-0.15, -0.1) is 10.2 Å². The molecule has 3 heterocycles. The molecule has 3 rings (SSSR count). The van der Waals surface area contributed by atoms with Gasteiger partial charge in [0, 0.05) is 18.0 Å². The van der Waals surface area contributed by atoms with Crippen molar-refractivity contribution in [2.24, 2.45) is 0 Å². The summed E-state index contributed by atoms with van der Waals surface area (Å²) in [5, 5.41) is 8.52. The molecule has 0 bridgehead atoms. The molecular weight excluding hydrogens is 214 g/mol. The first-order chi connectivity index (χ1) is 8.25. The maximum absolute atomic E-state index is 5.75. The van der Waals surface area contributed by atoms with Gasteiger partial charge in [-0.2, -0.15) is 0 Å². The number of pyridine rings is 1. The van der Waals surface area contributed by atoms with Crippen LogP contribution in [0.5, 0.6) is 0 Å². The van der Waals surface area contributed by atoms with Crippen LogP contribution in [-0.4, -0.2) is 33.1 Å². The van der Waals surface area contributed by atoms with Crippen LogP contribution in [0.4, 0.5) is 5.69 Å². The number of likely N-dealkylation sites (tertiary alicyclic amines) is 1. The number of anilines is 1. The van der Waals surface area contributed by atoms with E-state index in [4.69, 9.17) is 5.73 Å². The largest absolute Gasteiger partial charge is 0.399 e. The van der Waals surface area contributed by atoms with E-state index in [9.17, 15) is 0 Å². The van der Waals surface area contributed by atoms with Crippen LogP contribution in [0.25, 0.3) is 5.65 Å². The molecule has 0 radical (unpaired) electrons. The maximum Gasteiger partial charge on any atom is 0.162 e. The molecule has 2 N–H and O–H groups in total. The predicted octanol–water partition coefficient (Wildman–Crippen LogP) is 1.47. The maximum atomic E-state index is 5.75. The van der Waals surface area contributed by atoms with Gasteiger partial charge in [-0.25, -0.2) is 0 Å². The third-order valence-corrected chi connectivity index (χ3v) is 3.53. The van der Waals surface area contributed by atoms with E-state index in [1.54, 1.807) is 0 Å². The average molecular weight is 231 g/mol. The number of aromatic nitrogens is 3. The third-order valence-electron chi connectivity index (χ3n) is 3.53. The highest BCUT2D eigenvalue weighted by Crippen LogP contribution is 2.28. The first kappa shape index (κ1) is 10.5. The number of piperidine rings is 1. The van der Waals surface area contributed by atoms with Gasteiger partial charge in [-0.1, -0.05) is 6.42 Å². The summed E-state index contributed by atoms with van der Waals surface area (Å²) in [7, 11) is 2.15. The van der Waals surface area contributed by atoms with Crippen molar-refractivity contribution >= 4 is 11.3 Å². The Bertz CT molecular complexity index is 533. The average Bonchev–Trinajstić information content (AvgIpc) is 2.72. The number of hydrogen-bond acceptors (Lipinski definition) is 4. The van der Waals surface area contributed by atoms with Crippen LogP contribution < -0.4 is 5.73 Å². The van der Waals surface area contributed by atoms with Gasteiger partial charge in [-0.05, 0) is 32.5 Å². The van der Waals surface area contributed by atoms with Crippen LogP contribution in [-0.2, 0) is 0 Å². The lowest BCUT2D eigenvalue weighted by Gasteiger charge is -2.30. The van der Waals surface area contributed by atoms with Gasteiger partial charge < -0.3 is 5.73 Å².